The highest BCUT2D eigenvalue weighted by atomic mass is 19.4. The smallest absolute Gasteiger partial charge is 0.350 e. The van der Waals surface area contributed by atoms with Crippen molar-refractivity contribution in [3.05, 3.63) is 48.2 Å². The molecule has 3 N–H and O–H groups in total. The lowest BCUT2D eigenvalue weighted by Gasteiger charge is -2.20. The number of amides is 2. The number of rotatable bonds is 7. The Kier molecular flexibility index (Phi) is 7.46. The number of halogens is 3. The second-order valence-corrected chi connectivity index (χ2v) is 9.15. The van der Waals surface area contributed by atoms with Gasteiger partial charge in [0.25, 0.3) is 0 Å². The second-order valence-electron chi connectivity index (χ2n) is 9.15. The zero-order chi connectivity index (χ0) is 25.9. The van der Waals surface area contributed by atoms with Crippen LogP contribution in [0.2, 0.25) is 0 Å². The van der Waals surface area contributed by atoms with E-state index in [0.717, 1.165) is 43.5 Å². The summed E-state index contributed by atoms with van der Waals surface area (Å²) in [4.78, 5) is 33.3. The summed E-state index contributed by atoms with van der Waals surface area (Å²) in [6, 6.07) is 5.14. The summed E-state index contributed by atoms with van der Waals surface area (Å²) in [5, 5.41) is 8.48. The number of benzene rings is 1. The van der Waals surface area contributed by atoms with E-state index in [-0.39, 0.29) is 23.6 Å². The number of nitrogens with one attached hydrogen (secondary N) is 3. The summed E-state index contributed by atoms with van der Waals surface area (Å²) in [5.74, 6) is -0.617. The first-order valence-corrected chi connectivity index (χ1v) is 11.9. The van der Waals surface area contributed by atoms with E-state index in [0.29, 0.717) is 31.1 Å². The van der Waals surface area contributed by atoms with Gasteiger partial charge in [-0.15, -0.1) is 0 Å². The number of carbonyl (C=O) groups excluding carboxylic acids is 2. The number of carbonyl (C=O) groups is 2. The van der Waals surface area contributed by atoms with Gasteiger partial charge in [0.1, 0.15) is 11.4 Å². The molecule has 1 atom stereocenters. The molecule has 2 aromatic rings. The maximum Gasteiger partial charge on any atom is 0.421 e. The largest absolute Gasteiger partial charge is 0.421 e. The van der Waals surface area contributed by atoms with E-state index in [1.54, 1.807) is 17.0 Å². The third kappa shape index (κ3) is 5.95. The van der Waals surface area contributed by atoms with E-state index in [9.17, 15) is 22.8 Å². The fraction of sp³-hybridized carbons (Fsp3) is 0.440. The van der Waals surface area contributed by atoms with Crippen LogP contribution in [0.1, 0.15) is 56.1 Å². The lowest BCUT2D eigenvalue weighted by molar-refractivity contribution is -0.137. The van der Waals surface area contributed by atoms with E-state index in [1.807, 2.05) is 6.07 Å². The van der Waals surface area contributed by atoms with Gasteiger partial charge in [-0.1, -0.05) is 25.5 Å². The molecule has 2 heterocycles. The van der Waals surface area contributed by atoms with Gasteiger partial charge in [-0.05, 0) is 49.0 Å². The van der Waals surface area contributed by atoms with Crippen molar-refractivity contribution in [1.29, 1.82) is 0 Å². The second kappa shape index (κ2) is 10.5. The summed E-state index contributed by atoms with van der Waals surface area (Å²) in [6.07, 6.45) is 2.06. The molecule has 2 aliphatic rings. The van der Waals surface area contributed by atoms with Crippen LogP contribution in [0.15, 0.2) is 37.1 Å². The van der Waals surface area contributed by atoms with Gasteiger partial charge < -0.3 is 20.9 Å². The van der Waals surface area contributed by atoms with Gasteiger partial charge in [-0.3, -0.25) is 9.59 Å². The molecule has 2 fully saturated rings. The van der Waals surface area contributed by atoms with Crippen molar-refractivity contribution in [2.75, 3.05) is 29.0 Å². The SMILES string of the molecule is C=CC(=O)Nc1cc(C2CCCC2)ccc1Nc1nc(N[C@H]2CCN(C(C)=O)C2)ncc1C(F)(F)F. The highest BCUT2D eigenvalue weighted by Crippen LogP contribution is 2.39. The Morgan fingerprint density at radius 3 is 2.56 bits per heavy atom. The number of hydrogen-bond acceptors (Lipinski definition) is 6. The minimum absolute atomic E-state index is 0.0140. The average Bonchev–Trinajstić information content (AvgIpc) is 3.52. The topological polar surface area (TPSA) is 99.2 Å². The predicted molar refractivity (Wildman–Crippen MR) is 131 cm³/mol. The minimum atomic E-state index is -4.70. The Hall–Kier alpha value is -3.63. The molecular formula is C25H29F3N6O2. The van der Waals surface area contributed by atoms with Crippen molar-refractivity contribution < 1.29 is 22.8 Å². The van der Waals surface area contributed by atoms with Gasteiger partial charge in [0, 0.05) is 32.3 Å². The summed E-state index contributed by atoms with van der Waals surface area (Å²) < 4.78 is 41.4. The molecule has 1 saturated heterocycles. The molecule has 1 aliphatic heterocycles. The standard InChI is InChI=1S/C25H29F3N6O2/c1-3-22(36)31-21-12-17(16-6-4-5-7-16)8-9-20(21)32-23-19(25(26,27)28)13-29-24(33-23)30-18-10-11-34(14-18)15(2)35/h3,8-9,12-13,16,18H,1,4-7,10-11,14H2,2H3,(H,31,36)(H2,29,30,32,33)/t18-/m0/s1. The van der Waals surface area contributed by atoms with Gasteiger partial charge in [-0.2, -0.15) is 18.2 Å². The molecule has 11 heteroatoms. The molecular weight excluding hydrogens is 473 g/mol. The van der Waals surface area contributed by atoms with E-state index in [1.165, 1.54) is 6.92 Å². The minimum Gasteiger partial charge on any atom is -0.350 e. The Morgan fingerprint density at radius 2 is 1.92 bits per heavy atom. The lowest BCUT2D eigenvalue weighted by Crippen LogP contribution is -2.30. The maximum absolute atomic E-state index is 13.8. The van der Waals surface area contributed by atoms with E-state index < -0.39 is 23.5 Å². The molecule has 4 rings (SSSR count). The number of hydrogen-bond donors (Lipinski definition) is 3. The van der Waals surface area contributed by atoms with Crippen LogP contribution < -0.4 is 16.0 Å². The van der Waals surface area contributed by atoms with Crippen molar-refractivity contribution in [2.45, 2.75) is 57.2 Å². The molecule has 1 aliphatic carbocycles. The van der Waals surface area contributed by atoms with Gasteiger partial charge in [-0.25, -0.2) is 4.98 Å². The first-order valence-electron chi connectivity index (χ1n) is 11.9. The highest BCUT2D eigenvalue weighted by molar-refractivity contribution is 6.01. The van der Waals surface area contributed by atoms with Crippen LogP contribution >= 0.6 is 0 Å². The highest BCUT2D eigenvalue weighted by Gasteiger charge is 2.36. The van der Waals surface area contributed by atoms with Crippen molar-refractivity contribution in [3.63, 3.8) is 0 Å². The lowest BCUT2D eigenvalue weighted by atomic mass is 9.96. The van der Waals surface area contributed by atoms with Crippen molar-refractivity contribution >= 4 is 35.0 Å². The summed E-state index contributed by atoms with van der Waals surface area (Å²) >= 11 is 0. The zero-order valence-electron chi connectivity index (χ0n) is 20.0. The Balaban J connectivity index is 1.64. The number of aromatic nitrogens is 2. The van der Waals surface area contributed by atoms with Crippen molar-refractivity contribution in [3.8, 4) is 0 Å². The molecule has 1 saturated carbocycles. The number of anilines is 4. The average molecular weight is 503 g/mol. The fourth-order valence-corrected chi connectivity index (χ4v) is 4.70. The van der Waals surface area contributed by atoms with Crippen LogP contribution in [0.3, 0.4) is 0 Å². The molecule has 1 aromatic heterocycles. The molecule has 0 spiro atoms. The third-order valence-electron chi connectivity index (χ3n) is 6.63. The van der Waals surface area contributed by atoms with Gasteiger partial charge in [0.2, 0.25) is 17.8 Å². The zero-order valence-corrected chi connectivity index (χ0v) is 20.0. The summed E-state index contributed by atoms with van der Waals surface area (Å²) in [7, 11) is 0. The van der Waals surface area contributed by atoms with Crippen LogP contribution in [0.4, 0.5) is 36.3 Å². The summed E-state index contributed by atoms with van der Waals surface area (Å²) in [6.45, 7) is 5.90. The third-order valence-corrected chi connectivity index (χ3v) is 6.63. The van der Waals surface area contributed by atoms with E-state index in [2.05, 4.69) is 32.5 Å². The van der Waals surface area contributed by atoms with Crippen molar-refractivity contribution in [1.82, 2.24) is 14.9 Å². The molecule has 36 heavy (non-hydrogen) atoms. The van der Waals surface area contributed by atoms with Gasteiger partial charge in [0.05, 0.1) is 11.4 Å². The molecule has 0 radical (unpaired) electrons. The Bertz CT molecular complexity index is 1150. The maximum atomic E-state index is 13.8. The Morgan fingerprint density at radius 1 is 1.17 bits per heavy atom. The number of alkyl halides is 3. The van der Waals surface area contributed by atoms with E-state index in [4.69, 9.17) is 0 Å². The molecule has 1 aromatic carbocycles. The van der Waals surface area contributed by atoms with Gasteiger partial charge in [0.15, 0.2) is 0 Å². The fourth-order valence-electron chi connectivity index (χ4n) is 4.70. The Labute approximate surface area is 207 Å². The first kappa shape index (κ1) is 25.5. The normalized spacial score (nSPS) is 18.2. The summed E-state index contributed by atoms with van der Waals surface area (Å²) in [5.41, 5.74) is 0.601. The van der Waals surface area contributed by atoms with Crippen LogP contribution in [0, 0.1) is 0 Å². The van der Waals surface area contributed by atoms with Crippen molar-refractivity contribution in [2.24, 2.45) is 0 Å². The molecule has 8 nitrogen and oxygen atoms in total. The van der Waals surface area contributed by atoms with Crippen LogP contribution in [0.25, 0.3) is 0 Å². The van der Waals surface area contributed by atoms with Crippen LogP contribution in [-0.2, 0) is 15.8 Å². The van der Waals surface area contributed by atoms with Gasteiger partial charge >= 0.3 is 6.18 Å². The number of nitrogens with zero attached hydrogens (tertiary/aromatic N) is 3. The van der Waals surface area contributed by atoms with Crippen LogP contribution in [0.5, 0.6) is 0 Å². The first-order chi connectivity index (χ1) is 17.1. The monoisotopic (exact) mass is 502 g/mol. The number of likely N-dealkylation sites (tertiary alicyclic amines) is 1. The molecule has 0 unspecified atom stereocenters. The molecule has 192 valence electrons. The molecule has 0 bridgehead atoms. The van der Waals surface area contributed by atoms with E-state index >= 15 is 0 Å². The molecule has 2 amide bonds. The predicted octanol–water partition coefficient (Wildman–Crippen LogP) is 5.05. The quantitative estimate of drug-likeness (QED) is 0.458. The van der Waals surface area contributed by atoms with Crippen LogP contribution in [-0.4, -0.2) is 45.8 Å².